The number of halogens is 1. The molecule has 0 spiro atoms. The molecule has 0 aliphatic carbocycles. The van der Waals surface area contributed by atoms with Crippen LogP contribution in [-0.2, 0) is 17.8 Å². The molecule has 0 unspecified atom stereocenters. The molecule has 1 saturated heterocycles. The Morgan fingerprint density at radius 3 is 2.81 bits per heavy atom. The summed E-state index contributed by atoms with van der Waals surface area (Å²) in [5.74, 6) is 0.497. The average molecular weight is 437 g/mol. The molecule has 0 radical (unpaired) electrons. The number of anilines is 1. The van der Waals surface area contributed by atoms with Crippen molar-refractivity contribution in [2.45, 2.75) is 51.9 Å². The summed E-state index contributed by atoms with van der Waals surface area (Å²) in [6.45, 7) is 9.68. The first-order chi connectivity index (χ1) is 12.7. The van der Waals surface area contributed by atoms with Gasteiger partial charge in [0.2, 0.25) is 0 Å². The molecule has 4 heterocycles. The van der Waals surface area contributed by atoms with E-state index in [-0.39, 0.29) is 6.09 Å². The fourth-order valence-corrected chi connectivity index (χ4v) is 4.65. The van der Waals surface area contributed by atoms with Gasteiger partial charge in [-0.3, -0.25) is 4.90 Å². The minimum atomic E-state index is -0.465. The first kappa shape index (κ1) is 18.5. The van der Waals surface area contributed by atoms with Crippen LogP contribution < -0.4 is 5.73 Å². The number of hydrogen-bond acceptors (Lipinski definition) is 6. The number of hydrogen-bond donors (Lipinski definition) is 1. The summed E-state index contributed by atoms with van der Waals surface area (Å²) in [5.41, 5.74) is 7.64. The van der Waals surface area contributed by atoms with Gasteiger partial charge in [0.15, 0.2) is 0 Å². The summed E-state index contributed by atoms with van der Waals surface area (Å²) in [6.07, 6.45) is 2.25. The van der Waals surface area contributed by atoms with Crippen LogP contribution in [0, 0.1) is 0 Å². The van der Waals surface area contributed by atoms with Gasteiger partial charge in [-0.05, 0) is 43.1 Å². The second-order valence-electron chi connectivity index (χ2n) is 8.21. The van der Waals surface area contributed by atoms with Gasteiger partial charge in [0, 0.05) is 44.5 Å². The Hall–Kier alpha value is -1.87. The lowest BCUT2D eigenvalue weighted by atomic mass is 10.2. The summed E-state index contributed by atoms with van der Waals surface area (Å²) in [5, 5.41) is 0.885. The van der Waals surface area contributed by atoms with Crippen LogP contribution in [0.1, 0.15) is 32.9 Å². The summed E-state index contributed by atoms with van der Waals surface area (Å²) in [4.78, 5) is 25.1. The fraction of sp³-hybridized carbons (Fsp3) is 0.611. The number of amides is 1. The van der Waals surface area contributed by atoms with E-state index >= 15 is 0 Å². The highest BCUT2D eigenvalue weighted by atomic mass is 79.9. The van der Waals surface area contributed by atoms with Gasteiger partial charge in [0.1, 0.15) is 23.4 Å². The molecule has 146 valence electrons. The molecule has 1 atom stereocenters. The predicted molar refractivity (Wildman–Crippen MR) is 106 cm³/mol. The fourth-order valence-electron chi connectivity index (χ4n) is 3.93. The Balaban J connectivity index is 1.50. The van der Waals surface area contributed by atoms with E-state index in [1.54, 1.807) is 0 Å². The van der Waals surface area contributed by atoms with Crippen molar-refractivity contribution in [1.82, 2.24) is 24.3 Å². The van der Waals surface area contributed by atoms with Crippen LogP contribution in [0.4, 0.5) is 10.6 Å². The highest BCUT2D eigenvalue weighted by molar-refractivity contribution is 9.10. The minimum absolute atomic E-state index is 0.222. The van der Waals surface area contributed by atoms with E-state index in [1.165, 1.54) is 12.0 Å². The molecule has 1 fully saturated rings. The van der Waals surface area contributed by atoms with Gasteiger partial charge in [-0.1, -0.05) is 0 Å². The second kappa shape index (κ2) is 6.63. The first-order valence-corrected chi connectivity index (χ1v) is 10.0. The lowest BCUT2D eigenvalue weighted by molar-refractivity contribution is 0.0276. The molecule has 2 aromatic heterocycles. The van der Waals surface area contributed by atoms with E-state index in [0.29, 0.717) is 18.4 Å². The van der Waals surface area contributed by atoms with Crippen LogP contribution in [0.2, 0.25) is 0 Å². The smallest absolute Gasteiger partial charge is 0.410 e. The van der Waals surface area contributed by atoms with E-state index in [0.717, 1.165) is 48.1 Å². The Morgan fingerprint density at radius 2 is 2.07 bits per heavy atom. The maximum atomic E-state index is 12.3. The molecule has 2 aliphatic heterocycles. The Morgan fingerprint density at radius 1 is 1.30 bits per heavy atom. The highest BCUT2D eigenvalue weighted by Gasteiger charge is 2.35. The quantitative estimate of drug-likeness (QED) is 0.738. The number of nitrogen functional groups attached to an aromatic ring is 1. The first-order valence-electron chi connectivity index (χ1n) is 9.23. The number of carbonyl (C=O) groups excluding carboxylic acids is 1. The third-order valence-corrected chi connectivity index (χ3v) is 6.06. The van der Waals surface area contributed by atoms with E-state index in [9.17, 15) is 4.79 Å². The van der Waals surface area contributed by atoms with Crippen molar-refractivity contribution in [2.24, 2.45) is 0 Å². The molecule has 0 bridgehead atoms. The molecule has 2 aliphatic rings. The van der Waals surface area contributed by atoms with Crippen LogP contribution >= 0.6 is 15.9 Å². The molecule has 2 aromatic rings. The summed E-state index contributed by atoms with van der Waals surface area (Å²) >= 11 is 3.70. The summed E-state index contributed by atoms with van der Waals surface area (Å²) in [7, 11) is 0. The van der Waals surface area contributed by atoms with Crippen molar-refractivity contribution in [3.05, 3.63) is 16.5 Å². The molecule has 0 aromatic carbocycles. The van der Waals surface area contributed by atoms with Crippen LogP contribution in [0.3, 0.4) is 0 Å². The van der Waals surface area contributed by atoms with E-state index in [2.05, 4.69) is 35.4 Å². The number of fused-ring (bicyclic) bond motifs is 3. The van der Waals surface area contributed by atoms with Gasteiger partial charge >= 0.3 is 6.09 Å². The second-order valence-corrected chi connectivity index (χ2v) is 9.00. The molecular formula is C18H25BrN6O2. The van der Waals surface area contributed by atoms with Gasteiger partial charge in [0.25, 0.3) is 0 Å². The molecule has 2 N–H and O–H groups in total. The molecule has 27 heavy (non-hydrogen) atoms. The topological polar surface area (TPSA) is 89.5 Å². The van der Waals surface area contributed by atoms with Crippen LogP contribution in [-0.4, -0.2) is 61.7 Å². The SMILES string of the molecule is CC(C)(C)OC(=O)N1CC[C@@H](N2CCn3c(c(Br)c4c(N)ncnc43)C2)C1. The maximum absolute atomic E-state index is 12.3. The van der Waals surface area contributed by atoms with Gasteiger partial charge in [-0.25, -0.2) is 14.8 Å². The van der Waals surface area contributed by atoms with Crippen molar-refractivity contribution in [1.29, 1.82) is 0 Å². The number of nitrogens with zero attached hydrogens (tertiary/aromatic N) is 5. The standard InChI is InChI=1S/C18H25BrN6O2/c1-18(2,3)27-17(26)24-5-4-11(8-24)23-6-7-25-12(9-23)14(19)13-15(20)21-10-22-16(13)25/h10-11H,4-9H2,1-3H3,(H2,20,21,22)/t11-/m1/s1. The lowest BCUT2D eigenvalue weighted by Crippen LogP contribution is -2.43. The van der Waals surface area contributed by atoms with Gasteiger partial charge in [-0.2, -0.15) is 0 Å². The van der Waals surface area contributed by atoms with E-state index < -0.39 is 5.60 Å². The molecule has 8 nitrogen and oxygen atoms in total. The van der Waals surface area contributed by atoms with Gasteiger partial charge in [-0.15, -0.1) is 0 Å². The van der Waals surface area contributed by atoms with E-state index in [1.807, 2.05) is 25.7 Å². The third-order valence-electron chi connectivity index (χ3n) is 5.21. The molecule has 4 rings (SSSR count). The molecular weight excluding hydrogens is 412 g/mol. The average Bonchev–Trinajstić information content (AvgIpc) is 3.18. The largest absolute Gasteiger partial charge is 0.444 e. The maximum Gasteiger partial charge on any atom is 0.410 e. The lowest BCUT2D eigenvalue weighted by Gasteiger charge is -2.33. The highest BCUT2D eigenvalue weighted by Crippen LogP contribution is 2.36. The minimum Gasteiger partial charge on any atom is -0.444 e. The zero-order valence-electron chi connectivity index (χ0n) is 15.9. The molecule has 1 amide bonds. The summed E-state index contributed by atoms with van der Waals surface area (Å²) in [6, 6.07) is 0.333. The summed E-state index contributed by atoms with van der Waals surface area (Å²) < 4.78 is 8.70. The number of likely N-dealkylation sites (tertiary alicyclic amines) is 1. The van der Waals surface area contributed by atoms with Crippen LogP contribution in [0.25, 0.3) is 11.0 Å². The third kappa shape index (κ3) is 3.38. The van der Waals surface area contributed by atoms with Gasteiger partial charge in [0.05, 0.1) is 9.86 Å². The predicted octanol–water partition coefficient (Wildman–Crippen LogP) is 2.60. The zero-order chi connectivity index (χ0) is 19.3. The Bertz CT molecular complexity index is 890. The van der Waals surface area contributed by atoms with Crippen molar-refractivity contribution >= 4 is 38.9 Å². The molecule has 0 saturated carbocycles. The Kier molecular flexibility index (Phi) is 4.54. The van der Waals surface area contributed by atoms with Crippen molar-refractivity contribution < 1.29 is 9.53 Å². The van der Waals surface area contributed by atoms with Crippen molar-refractivity contribution in [3.63, 3.8) is 0 Å². The number of ether oxygens (including phenoxy) is 1. The van der Waals surface area contributed by atoms with E-state index in [4.69, 9.17) is 10.5 Å². The Labute approximate surface area is 166 Å². The van der Waals surface area contributed by atoms with Crippen molar-refractivity contribution in [2.75, 3.05) is 25.4 Å². The number of rotatable bonds is 1. The number of nitrogens with two attached hydrogens (primary N) is 1. The monoisotopic (exact) mass is 436 g/mol. The zero-order valence-corrected chi connectivity index (χ0v) is 17.5. The van der Waals surface area contributed by atoms with Crippen molar-refractivity contribution in [3.8, 4) is 0 Å². The van der Waals surface area contributed by atoms with Crippen LogP contribution in [0.15, 0.2) is 10.8 Å². The number of carbonyl (C=O) groups is 1. The van der Waals surface area contributed by atoms with Crippen LogP contribution in [0.5, 0.6) is 0 Å². The number of aromatic nitrogens is 3. The molecule has 9 heteroatoms. The van der Waals surface area contributed by atoms with Gasteiger partial charge < -0.3 is 19.9 Å². The normalized spacial score (nSPS) is 20.9.